The zero-order chi connectivity index (χ0) is 23.8. The molecule has 178 valence electrons. The summed E-state index contributed by atoms with van der Waals surface area (Å²) in [6.07, 6.45) is 7.89. The number of halogens is 1. The molecule has 0 saturated heterocycles. The molecular formula is C27H30ClN3O3. The lowest BCUT2D eigenvalue weighted by molar-refractivity contribution is 0.0968. The van der Waals surface area contributed by atoms with Gasteiger partial charge in [0.2, 0.25) is 0 Å². The first-order valence-corrected chi connectivity index (χ1v) is 12.4. The third-order valence-corrected chi connectivity index (χ3v) is 7.48. The van der Waals surface area contributed by atoms with Gasteiger partial charge in [0.05, 0.1) is 28.9 Å². The maximum absolute atomic E-state index is 13.2. The second-order valence-corrected chi connectivity index (χ2v) is 9.93. The van der Waals surface area contributed by atoms with Crippen LogP contribution in [-0.4, -0.2) is 35.6 Å². The molecule has 2 aliphatic rings. The van der Waals surface area contributed by atoms with Crippen LogP contribution in [-0.2, 0) is 0 Å². The minimum Gasteiger partial charge on any atom is -0.503 e. The number of nitrogens with two attached hydrogens (primary N) is 1. The summed E-state index contributed by atoms with van der Waals surface area (Å²) in [5, 5.41) is 15.0. The summed E-state index contributed by atoms with van der Waals surface area (Å²) in [7, 11) is 1.50. The van der Waals surface area contributed by atoms with Gasteiger partial charge in [0.25, 0.3) is 0 Å². The number of nitrogens with zero attached hydrogens (tertiary/aromatic N) is 1. The molecule has 0 unspecified atom stereocenters. The Hall–Kier alpha value is -2.83. The topological polar surface area (TPSA) is 97.5 Å². The molecule has 6 nitrogen and oxygen atoms in total. The quantitative estimate of drug-likeness (QED) is 0.371. The highest BCUT2D eigenvalue weighted by molar-refractivity contribution is 6.32. The van der Waals surface area contributed by atoms with Gasteiger partial charge in [-0.3, -0.25) is 9.78 Å². The molecule has 2 aromatic carbocycles. The van der Waals surface area contributed by atoms with Crippen molar-refractivity contribution in [2.45, 2.75) is 44.6 Å². The number of anilines is 1. The van der Waals surface area contributed by atoms with E-state index in [9.17, 15) is 9.90 Å². The molecule has 4 N–H and O–H groups in total. The van der Waals surface area contributed by atoms with E-state index in [4.69, 9.17) is 22.1 Å². The van der Waals surface area contributed by atoms with E-state index in [2.05, 4.69) is 10.3 Å². The Morgan fingerprint density at radius 2 is 1.91 bits per heavy atom. The molecule has 0 bridgehead atoms. The van der Waals surface area contributed by atoms with Gasteiger partial charge in [-0.05, 0) is 86.4 Å². The van der Waals surface area contributed by atoms with Crippen LogP contribution in [0, 0.1) is 11.8 Å². The molecule has 0 aliphatic heterocycles. The number of nitrogens with one attached hydrogen (secondary N) is 1. The number of ether oxygens (including phenoxy) is 1. The molecule has 0 spiro atoms. The van der Waals surface area contributed by atoms with E-state index in [1.807, 2.05) is 18.2 Å². The van der Waals surface area contributed by atoms with Crippen LogP contribution in [0.5, 0.6) is 11.5 Å². The number of Topliss-reactive ketones (excluding diaryl/α,β-unsaturated/α-hetero) is 1. The molecule has 34 heavy (non-hydrogen) atoms. The summed E-state index contributed by atoms with van der Waals surface area (Å²) < 4.78 is 5.29. The monoisotopic (exact) mass is 479 g/mol. The third kappa shape index (κ3) is 4.44. The maximum atomic E-state index is 13.2. The summed E-state index contributed by atoms with van der Waals surface area (Å²) in [6, 6.07) is 9.74. The number of carbonyl (C=O) groups excluding carboxylic acids is 1. The Morgan fingerprint density at radius 3 is 2.59 bits per heavy atom. The van der Waals surface area contributed by atoms with Crippen molar-refractivity contribution in [3.8, 4) is 22.6 Å². The van der Waals surface area contributed by atoms with E-state index in [1.54, 1.807) is 18.3 Å². The fourth-order valence-corrected chi connectivity index (χ4v) is 5.13. The smallest absolute Gasteiger partial charge is 0.176 e. The predicted octanol–water partition coefficient (Wildman–Crippen LogP) is 5.79. The Balaban J connectivity index is 1.59. The second-order valence-electron chi connectivity index (χ2n) is 9.52. The van der Waals surface area contributed by atoms with Gasteiger partial charge in [0.1, 0.15) is 0 Å². The van der Waals surface area contributed by atoms with Crippen molar-refractivity contribution in [3.63, 3.8) is 0 Å². The van der Waals surface area contributed by atoms with Crippen LogP contribution in [0.3, 0.4) is 0 Å². The number of rotatable bonds is 7. The van der Waals surface area contributed by atoms with Crippen molar-refractivity contribution in [2.75, 3.05) is 19.0 Å². The van der Waals surface area contributed by atoms with Gasteiger partial charge < -0.3 is 20.9 Å². The highest BCUT2D eigenvalue weighted by Crippen LogP contribution is 2.41. The Morgan fingerprint density at radius 1 is 1.15 bits per heavy atom. The number of phenolic OH excluding ortho intramolecular Hbond substituents is 1. The number of aromatic hydroxyl groups is 1. The number of hydrogen-bond donors (Lipinski definition) is 3. The number of hydrogen-bond acceptors (Lipinski definition) is 6. The van der Waals surface area contributed by atoms with Gasteiger partial charge in [0.15, 0.2) is 17.3 Å². The second kappa shape index (κ2) is 9.43. The molecular weight excluding hydrogens is 450 g/mol. The summed E-state index contributed by atoms with van der Waals surface area (Å²) >= 11 is 6.25. The van der Waals surface area contributed by atoms with Gasteiger partial charge in [-0.25, -0.2) is 0 Å². The first-order valence-electron chi connectivity index (χ1n) is 12.0. The average molecular weight is 480 g/mol. The molecule has 5 rings (SSSR count). The van der Waals surface area contributed by atoms with Crippen LogP contribution in [0.4, 0.5) is 5.69 Å². The number of fused-ring (bicyclic) bond motifs is 1. The van der Waals surface area contributed by atoms with Crippen molar-refractivity contribution >= 4 is 34.0 Å². The van der Waals surface area contributed by atoms with E-state index in [0.717, 1.165) is 72.8 Å². The van der Waals surface area contributed by atoms with E-state index >= 15 is 0 Å². The summed E-state index contributed by atoms with van der Waals surface area (Å²) in [5.74, 6) is 1.10. The fraction of sp³-hybridized carbons (Fsp3) is 0.407. The van der Waals surface area contributed by atoms with Gasteiger partial charge in [-0.1, -0.05) is 17.7 Å². The van der Waals surface area contributed by atoms with Crippen LogP contribution in [0.15, 0.2) is 36.5 Å². The molecule has 0 atom stereocenters. The van der Waals surface area contributed by atoms with E-state index in [-0.39, 0.29) is 22.5 Å². The average Bonchev–Trinajstić information content (AvgIpc) is 3.71. The molecule has 0 amide bonds. The number of phenols is 1. The van der Waals surface area contributed by atoms with Crippen LogP contribution >= 0.6 is 11.6 Å². The van der Waals surface area contributed by atoms with Crippen LogP contribution in [0.25, 0.3) is 22.0 Å². The number of benzene rings is 2. The van der Waals surface area contributed by atoms with Crippen molar-refractivity contribution in [1.82, 2.24) is 4.98 Å². The Labute approximate surface area is 204 Å². The van der Waals surface area contributed by atoms with Crippen molar-refractivity contribution in [3.05, 3.63) is 47.1 Å². The van der Waals surface area contributed by atoms with Crippen molar-refractivity contribution < 1.29 is 14.6 Å². The summed E-state index contributed by atoms with van der Waals surface area (Å²) in [4.78, 5) is 17.8. The normalized spacial score (nSPS) is 20.3. The van der Waals surface area contributed by atoms with Gasteiger partial charge >= 0.3 is 0 Å². The lowest BCUT2D eigenvalue weighted by Gasteiger charge is -2.30. The molecule has 2 aliphatic carbocycles. The predicted molar refractivity (Wildman–Crippen MR) is 136 cm³/mol. The van der Waals surface area contributed by atoms with Gasteiger partial charge in [-0.2, -0.15) is 0 Å². The van der Waals surface area contributed by atoms with Crippen LogP contribution in [0.2, 0.25) is 5.02 Å². The molecule has 2 fully saturated rings. The van der Waals surface area contributed by atoms with Crippen molar-refractivity contribution in [1.29, 1.82) is 0 Å². The Bertz CT molecular complexity index is 1230. The zero-order valence-corrected chi connectivity index (χ0v) is 20.1. The maximum Gasteiger partial charge on any atom is 0.176 e. The largest absolute Gasteiger partial charge is 0.503 e. The first-order chi connectivity index (χ1) is 16.5. The summed E-state index contributed by atoms with van der Waals surface area (Å²) in [5.41, 5.74) is 9.98. The molecule has 1 aromatic heterocycles. The number of pyridine rings is 1. The van der Waals surface area contributed by atoms with E-state index in [1.165, 1.54) is 7.11 Å². The molecule has 0 radical (unpaired) electrons. The highest BCUT2D eigenvalue weighted by atomic mass is 35.5. The standard InChI is InChI=1S/C27H30ClN3O3/c1-34-24-12-18(11-22(28)27(24)33)17-6-9-23-20(10-17)25(21(14-30-23)26(32)16-4-5-16)31-19-7-2-15(13-29)3-8-19/h6,9-12,14-16,19,33H,2-5,7-8,13,29H2,1H3,(H,30,31)/t15-,19-. The zero-order valence-electron chi connectivity index (χ0n) is 19.3. The molecule has 3 aromatic rings. The molecule has 2 saturated carbocycles. The number of aromatic nitrogens is 1. The van der Waals surface area contributed by atoms with Crippen LogP contribution < -0.4 is 15.8 Å². The summed E-state index contributed by atoms with van der Waals surface area (Å²) in [6.45, 7) is 0.734. The lowest BCUT2D eigenvalue weighted by Crippen LogP contribution is -2.29. The van der Waals surface area contributed by atoms with Crippen molar-refractivity contribution in [2.24, 2.45) is 17.6 Å². The molecule has 1 heterocycles. The number of ketones is 1. The van der Waals surface area contributed by atoms with E-state index in [0.29, 0.717) is 23.3 Å². The minimum atomic E-state index is -0.0804. The number of methoxy groups -OCH3 is 1. The Kier molecular flexibility index (Phi) is 6.36. The minimum absolute atomic E-state index is 0.0804. The number of carbonyl (C=O) groups is 1. The molecule has 7 heteroatoms. The van der Waals surface area contributed by atoms with E-state index < -0.39 is 0 Å². The van der Waals surface area contributed by atoms with Crippen LogP contribution in [0.1, 0.15) is 48.9 Å². The third-order valence-electron chi connectivity index (χ3n) is 7.19. The van der Waals surface area contributed by atoms with Gasteiger partial charge in [0, 0.05) is 23.5 Å². The first kappa shape index (κ1) is 22.9. The fourth-order valence-electron chi connectivity index (χ4n) is 4.92. The lowest BCUT2D eigenvalue weighted by atomic mass is 9.85. The SMILES string of the molecule is COc1cc(-c2ccc3ncc(C(=O)C4CC4)c(N[C@H]4CC[C@H](CN)CC4)c3c2)cc(Cl)c1O. The highest BCUT2D eigenvalue weighted by Gasteiger charge is 2.33. The van der Waals surface area contributed by atoms with Gasteiger partial charge in [-0.15, -0.1) is 0 Å².